The van der Waals surface area contributed by atoms with Gasteiger partial charge in [0.2, 0.25) is 5.91 Å². The molecule has 4 rings (SSSR count). The quantitative estimate of drug-likeness (QED) is 0.658. The zero-order valence-electron chi connectivity index (χ0n) is 15.0. The molecule has 2 aromatic carbocycles. The Morgan fingerprint density at radius 1 is 0.931 bits per heavy atom. The molecule has 5 nitrogen and oxygen atoms in total. The first-order valence-corrected chi connectivity index (χ1v) is 8.96. The van der Waals surface area contributed by atoms with Crippen LogP contribution in [0.5, 0.6) is 0 Å². The van der Waals surface area contributed by atoms with Gasteiger partial charge in [-0.25, -0.2) is 4.98 Å². The van der Waals surface area contributed by atoms with Gasteiger partial charge in [-0.15, -0.1) is 0 Å². The number of hydrazine groups is 1. The maximum absolute atomic E-state index is 13.2. The monoisotopic (exact) mass is 399 g/mol. The normalized spacial score (nSPS) is 18.3. The molecule has 0 saturated heterocycles. The van der Waals surface area contributed by atoms with Gasteiger partial charge >= 0.3 is 6.18 Å². The third-order valence-corrected chi connectivity index (χ3v) is 4.92. The number of hydrogen-bond acceptors (Lipinski definition) is 3. The predicted octanol–water partition coefficient (Wildman–Crippen LogP) is 3.82. The Bertz CT molecular complexity index is 1100. The fourth-order valence-electron chi connectivity index (χ4n) is 3.37. The zero-order valence-corrected chi connectivity index (χ0v) is 15.0. The molecule has 1 saturated carbocycles. The van der Waals surface area contributed by atoms with Crippen LogP contribution in [0.15, 0.2) is 60.7 Å². The lowest BCUT2D eigenvalue weighted by atomic mass is 10.0. The number of carbonyl (C=O) groups is 2. The second kappa shape index (κ2) is 7.20. The molecular formula is C21H16F3N3O2. The number of fused-ring (bicyclic) bond motifs is 1. The summed E-state index contributed by atoms with van der Waals surface area (Å²) in [7, 11) is 0. The molecule has 0 radical (unpaired) electrons. The van der Waals surface area contributed by atoms with Crippen molar-refractivity contribution >= 4 is 22.7 Å². The molecule has 1 aliphatic carbocycles. The summed E-state index contributed by atoms with van der Waals surface area (Å²) in [4.78, 5) is 28.7. The predicted molar refractivity (Wildman–Crippen MR) is 99.6 cm³/mol. The second-order valence-corrected chi connectivity index (χ2v) is 6.87. The second-order valence-electron chi connectivity index (χ2n) is 6.87. The molecule has 1 aliphatic rings. The van der Waals surface area contributed by atoms with Gasteiger partial charge in [0, 0.05) is 11.3 Å². The first kappa shape index (κ1) is 18.9. The Kier molecular flexibility index (Phi) is 4.70. The van der Waals surface area contributed by atoms with Crippen LogP contribution >= 0.6 is 0 Å². The summed E-state index contributed by atoms with van der Waals surface area (Å²) in [5.74, 6) is -2.27. The Morgan fingerprint density at radius 2 is 1.66 bits per heavy atom. The molecule has 29 heavy (non-hydrogen) atoms. The van der Waals surface area contributed by atoms with Gasteiger partial charge in [-0.2, -0.15) is 13.2 Å². The number of carbonyl (C=O) groups excluding carboxylic acids is 2. The standard InChI is InChI=1S/C21H16F3N3O2/c22-21(23,24)16-7-3-2-6-13(16)14-11-15(14)19(28)26-27-20(29)18-10-9-12-5-1-4-8-17(12)25-18/h1-10,14-15H,11H2,(H,26,28)(H,27,29). The Labute approximate surface area is 163 Å². The van der Waals surface area contributed by atoms with Crippen LogP contribution in [0, 0.1) is 5.92 Å². The summed E-state index contributed by atoms with van der Waals surface area (Å²) in [6.07, 6.45) is -4.18. The lowest BCUT2D eigenvalue weighted by molar-refractivity contribution is -0.138. The number of rotatable bonds is 3. The number of benzene rings is 2. The van der Waals surface area contributed by atoms with Crippen molar-refractivity contribution in [1.29, 1.82) is 0 Å². The first-order valence-electron chi connectivity index (χ1n) is 8.96. The van der Waals surface area contributed by atoms with E-state index in [1.165, 1.54) is 24.3 Å². The third-order valence-electron chi connectivity index (χ3n) is 4.92. The number of alkyl halides is 3. The van der Waals surface area contributed by atoms with Crippen molar-refractivity contribution < 1.29 is 22.8 Å². The van der Waals surface area contributed by atoms with Crippen LogP contribution in [-0.2, 0) is 11.0 Å². The Morgan fingerprint density at radius 3 is 2.45 bits per heavy atom. The Hall–Kier alpha value is -3.42. The van der Waals surface area contributed by atoms with E-state index in [2.05, 4.69) is 15.8 Å². The molecule has 8 heteroatoms. The first-order chi connectivity index (χ1) is 13.8. The summed E-state index contributed by atoms with van der Waals surface area (Å²) in [6.45, 7) is 0. The zero-order chi connectivity index (χ0) is 20.6. The van der Waals surface area contributed by atoms with Crippen LogP contribution in [0.3, 0.4) is 0 Å². The van der Waals surface area contributed by atoms with E-state index in [0.29, 0.717) is 11.9 Å². The lowest BCUT2D eigenvalue weighted by Crippen LogP contribution is -2.42. The van der Waals surface area contributed by atoms with E-state index in [4.69, 9.17) is 0 Å². The molecule has 1 fully saturated rings. The van der Waals surface area contributed by atoms with Crippen LogP contribution in [0.2, 0.25) is 0 Å². The summed E-state index contributed by atoms with van der Waals surface area (Å²) < 4.78 is 39.5. The van der Waals surface area contributed by atoms with Gasteiger partial charge in [-0.3, -0.25) is 20.4 Å². The molecule has 2 N–H and O–H groups in total. The Balaban J connectivity index is 1.39. The molecule has 3 aromatic rings. The average Bonchev–Trinajstić information content (AvgIpc) is 3.51. The van der Waals surface area contributed by atoms with Crippen molar-refractivity contribution in [2.24, 2.45) is 5.92 Å². The highest BCUT2D eigenvalue weighted by Crippen LogP contribution is 2.50. The maximum atomic E-state index is 13.2. The van der Waals surface area contributed by atoms with Crippen LogP contribution in [-0.4, -0.2) is 16.8 Å². The highest BCUT2D eigenvalue weighted by Gasteiger charge is 2.47. The SMILES string of the molecule is O=C(NNC(=O)C1CC1c1ccccc1C(F)(F)F)c1ccc2ccccc2n1. The highest BCUT2D eigenvalue weighted by molar-refractivity contribution is 5.96. The minimum absolute atomic E-state index is 0.0997. The number of halogens is 3. The molecule has 1 heterocycles. The summed E-state index contributed by atoms with van der Waals surface area (Å²) in [5, 5.41) is 0.872. The smallest absolute Gasteiger partial charge is 0.273 e. The molecule has 0 bridgehead atoms. The number of hydrogen-bond donors (Lipinski definition) is 2. The minimum atomic E-state index is -4.48. The van der Waals surface area contributed by atoms with Gasteiger partial charge in [0.1, 0.15) is 5.69 Å². The van der Waals surface area contributed by atoms with Crippen molar-refractivity contribution in [2.45, 2.75) is 18.5 Å². The summed E-state index contributed by atoms with van der Waals surface area (Å²) >= 11 is 0. The van der Waals surface area contributed by atoms with E-state index in [-0.39, 0.29) is 11.3 Å². The number of amides is 2. The van der Waals surface area contributed by atoms with Crippen LogP contribution < -0.4 is 10.9 Å². The lowest BCUT2D eigenvalue weighted by Gasteiger charge is -2.12. The van der Waals surface area contributed by atoms with E-state index in [0.717, 1.165) is 11.5 Å². The third kappa shape index (κ3) is 3.91. The van der Waals surface area contributed by atoms with Crippen molar-refractivity contribution in [2.75, 3.05) is 0 Å². The van der Waals surface area contributed by atoms with E-state index >= 15 is 0 Å². The van der Waals surface area contributed by atoms with Gasteiger partial charge < -0.3 is 0 Å². The van der Waals surface area contributed by atoms with Crippen molar-refractivity contribution in [1.82, 2.24) is 15.8 Å². The van der Waals surface area contributed by atoms with E-state index in [9.17, 15) is 22.8 Å². The fourth-order valence-corrected chi connectivity index (χ4v) is 3.37. The molecule has 0 spiro atoms. The number of aromatic nitrogens is 1. The van der Waals surface area contributed by atoms with Gasteiger partial charge in [0.05, 0.1) is 11.1 Å². The molecule has 2 amide bonds. The molecule has 0 aliphatic heterocycles. The molecular weight excluding hydrogens is 383 g/mol. The number of nitrogens with one attached hydrogen (secondary N) is 2. The van der Waals surface area contributed by atoms with Crippen molar-refractivity contribution in [3.63, 3.8) is 0 Å². The summed E-state index contributed by atoms with van der Waals surface area (Å²) in [5.41, 5.74) is 4.70. The fraction of sp³-hybridized carbons (Fsp3) is 0.190. The largest absolute Gasteiger partial charge is 0.416 e. The van der Waals surface area contributed by atoms with Gasteiger partial charge in [0.25, 0.3) is 5.91 Å². The average molecular weight is 399 g/mol. The molecule has 2 unspecified atom stereocenters. The van der Waals surface area contributed by atoms with Crippen molar-refractivity contribution in [3.05, 3.63) is 77.5 Å². The number of para-hydroxylation sites is 1. The molecule has 148 valence electrons. The topological polar surface area (TPSA) is 71.1 Å². The number of pyridine rings is 1. The van der Waals surface area contributed by atoms with E-state index < -0.39 is 35.4 Å². The maximum Gasteiger partial charge on any atom is 0.416 e. The van der Waals surface area contributed by atoms with Crippen molar-refractivity contribution in [3.8, 4) is 0 Å². The van der Waals surface area contributed by atoms with Crippen LogP contribution in [0.25, 0.3) is 10.9 Å². The molecule has 2 atom stereocenters. The van der Waals surface area contributed by atoms with Gasteiger partial charge in [-0.1, -0.05) is 42.5 Å². The van der Waals surface area contributed by atoms with Crippen LogP contribution in [0.1, 0.15) is 34.0 Å². The van der Waals surface area contributed by atoms with Gasteiger partial charge in [-0.05, 0) is 36.1 Å². The highest BCUT2D eigenvalue weighted by atomic mass is 19.4. The molecule has 1 aromatic heterocycles. The van der Waals surface area contributed by atoms with E-state index in [1.807, 2.05) is 12.1 Å². The van der Waals surface area contributed by atoms with Crippen LogP contribution in [0.4, 0.5) is 13.2 Å². The summed E-state index contributed by atoms with van der Waals surface area (Å²) in [6, 6.07) is 15.8. The number of nitrogens with zero attached hydrogens (tertiary/aromatic N) is 1. The minimum Gasteiger partial charge on any atom is -0.273 e. The van der Waals surface area contributed by atoms with Gasteiger partial charge in [0.15, 0.2) is 0 Å². The van der Waals surface area contributed by atoms with E-state index in [1.54, 1.807) is 18.2 Å².